The van der Waals surface area contributed by atoms with Gasteiger partial charge in [0, 0.05) is 0 Å². The lowest BCUT2D eigenvalue weighted by Crippen LogP contribution is -2.71. The first-order chi connectivity index (χ1) is 8.88. The lowest BCUT2D eigenvalue weighted by atomic mass is 9.94. The number of amides is 1. The van der Waals surface area contributed by atoms with Gasteiger partial charge < -0.3 is 9.64 Å². The molecular formula is C13H23N3O3S. The van der Waals surface area contributed by atoms with E-state index >= 15 is 0 Å². The van der Waals surface area contributed by atoms with Crippen molar-refractivity contribution in [3.8, 4) is 6.07 Å². The van der Waals surface area contributed by atoms with Gasteiger partial charge in [-0.2, -0.15) is 5.26 Å². The maximum atomic E-state index is 12.1. The number of nitriles is 1. The molecule has 1 N–H and O–H groups in total. The van der Waals surface area contributed by atoms with Gasteiger partial charge in [-0.1, -0.05) is 0 Å². The summed E-state index contributed by atoms with van der Waals surface area (Å²) in [4.78, 5) is 13.2. The number of carbonyl (C=O) groups excluding carboxylic acids is 1. The van der Waals surface area contributed by atoms with Crippen LogP contribution in [0.5, 0.6) is 0 Å². The predicted octanol–water partition coefficient (Wildman–Crippen LogP) is 1.55. The SMILES string of the molecule is CC(C)(C)OC(=O)N1CC(C#N)(NS(=O)C(C)(C)C)C1. The van der Waals surface area contributed by atoms with Crippen LogP contribution in [0, 0.1) is 11.3 Å². The summed E-state index contributed by atoms with van der Waals surface area (Å²) in [6.07, 6.45) is -0.452. The highest BCUT2D eigenvalue weighted by Gasteiger charge is 2.49. The van der Waals surface area contributed by atoms with Gasteiger partial charge in [0.05, 0.1) is 34.9 Å². The molecule has 0 aliphatic carbocycles. The van der Waals surface area contributed by atoms with Crippen LogP contribution in [0.3, 0.4) is 0 Å². The van der Waals surface area contributed by atoms with E-state index in [0.717, 1.165) is 0 Å². The van der Waals surface area contributed by atoms with Gasteiger partial charge in [0.1, 0.15) is 5.60 Å². The van der Waals surface area contributed by atoms with Crippen LogP contribution in [0.4, 0.5) is 4.79 Å². The molecule has 0 saturated carbocycles. The molecule has 1 unspecified atom stereocenters. The molecule has 114 valence electrons. The number of hydrogen-bond acceptors (Lipinski definition) is 4. The van der Waals surface area contributed by atoms with Gasteiger partial charge in [0.2, 0.25) is 0 Å². The smallest absolute Gasteiger partial charge is 0.410 e. The highest BCUT2D eigenvalue weighted by atomic mass is 32.2. The number of hydrogen-bond donors (Lipinski definition) is 1. The molecule has 1 fully saturated rings. The molecule has 0 aromatic carbocycles. The number of likely N-dealkylation sites (tertiary alicyclic amines) is 1. The fourth-order valence-electron chi connectivity index (χ4n) is 1.55. The first-order valence-electron chi connectivity index (χ1n) is 6.47. The van der Waals surface area contributed by atoms with Crippen molar-refractivity contribution >= 4 is 17.1 Å². The zero-order valence-electron chi connectivity index (χ0n) is 12.9. The molecule has 0 bridgehead atoms. The van der Waals surface area contributed by atoms with Crippen LogP contribution < -0.4 is 4.72 Å². The summed E-state index contributed by atoms with van der Waals surface area (Å²) in [7, 11) is -1.35. The summed E-state index contributed by atoms with van der Waals surface area (Å²) < 4.78 is 19.6. The normalized spacial score (nSPS) is 19.8. The van der Waals surface area contributed by atoms with Crippen LogP contribution in [-0.4, -0.2) is 44.2 Å². The second kappa shape index (κ2) is 5.34. The van der Waals surface area contributed by atoms with E-state index in [1.807, 2.05) is 20.8 Å². The minimum atomic E-state index is -1.35. The minimum Gasteiger partial charge on any atom is -0.444 e. The Labute approximate surface area is 123 Å². The van der Waals surface area contributed by atoms with Gasteiger partial charge in [-0.3, -0.25) is 0 Å². The molecule has 0 aromatic heterocycles. The second-order valence-corrected chi connectivity index (χ2v) is 8.98. The third kappa shape index (κ3) is 4.18. The van der Waals surface area contributed by atoms with Crippen LogP contribution in [0.25, 0.3) is 0 Å². The Morgan fingerprint density at radius 1 is 1.30 bits per heavy atom. The van der Waals surface area contributed by atoms with Crippen molar-refractivity contribution in [1.29, 1.82) is 5.26 Å². The van der Waals surface area contributed by atoms with E-state index in [1.165, 1.54) is 4.90 Å². The Kier molecular flexibility index (Phi) is 4.52. The summed E-state index contributed by atoms with van der Waals surface area (Å²) in [6, 6.07) is 2.11. The quantitative estimate of drug-likeness (QED) is 0.839. The van der Waals surface area contributed by atoms with Crippen molar-refractivity contribution in [2.24, 2.45) is 0 Å². The minimum absolute atomic E-state index is 0.181. The predicted molar refractivity (Wildman–Crippen MR) is 77.2 cm³/mol. The molecule has 20 heavy (non-hydrogen) atoms. The zero-order valence-corrected chi connectivity index (χ0v) is 13.8. The lowest BCUT2D eigenvalue weighted by Gasteiger charge is -2.46. The Morgan fingerprint density at radius 2 is 1.80 bits per heavy atom. The van der Waals surface area contributed by atoms with E-state index < -0.39 is 33.0 Å². The van der Waals surface area contributed by atoms with E-state index in [0.29, 0.717) is 0 Å². The number of nitrogens with zero attached hydrogens (tertiary/aromatic N) is 2. The van der Waals surface area contributed by atoms with Crippen molar-refractivity contribution in [3.05, 3.63) is 0 Å². The van der Waals surface area contributed by atoms with E-state index in [-0.39, 0.29) is 13.1 Å². The first-order valence-corrected chi connectivity index (χ1v) is 7.62. The third-order valence-corrected chi connectivity index (χ3v) is 4.32. The Hall–Kier alpha value is -1.13. The second-order valence-electron chi connectivity index (χ2n) is 7.01. The fraction of sp³-hybridized carbons (Fsp3) is 0.846. The van der Waals surface area contributed by atoms with E-state index in [2.05, 4.69) is 10.8 Å². The Bertz CT molecular complexity index is 451. The Balaban J connectivity index is 2.61. The topological polar surface area (TPSA) is 82.4 Å². The third-order valence-electron chi connectivity index (χ3n) is 2.63. The van der Waals surface area contributed by atoms with Crippen LogP contribution in [-0.2, 0) is 15.7 Å². The van der Waals surface area contributed by atoms with Crippen LogP contribution in [0.2, 0.25) is 0 Å². The van der Waals surface area contributed by atoms with Gasteiger partial charge in [-0.15, -0.1) is 0 Å². The molecule has 1 aliphatic rings. The molecule has 0 spiro atoms. The summed E-state index contributed by atoms with van der Waals surface area (Å²) in [6.45, 7) is 11.2. The first kappa shape index (κ1) is 16.9. The molecule has 7 heteroatoms. The number of carbonyl (C=O) groups is 1. The number of ether oxygens (including phenoxy) is 1. The van der Waals surface area contributed by atoms with Crippen LogP contribution in [0.1, 0.15) is 41.5 Å². The standard InChI is InChI=1S/C13H23N3O3S/c1-11(2,3)19-10(17)16-8-13(7-14,9-16)15-20(18)12(4,5)6/h15H,8-9H2,1-6H3. The molecule has 1 heterocycles. The van der Waals surface area contributed by atoms with Crippen molar-refractivity contribution in [2.45, 2.75) is 57.4 Å². The molecule has 1 amide bonds. The van der Waals surface area contributed by atoms with Crippen LogP contribution >= 0.6 is 0 Å². The van der Waals surface area contributed by atoms with Gasteiger partial charge in [-0.05, 0) is 41.5 Å². The average molecular weight is 301 g/mol. The van der Waals surface area contributed by atoms with Gasteiger partial charge in [0.15, 0.2) is 5.54 Å². The zero-order chi connectivity index (χ0) is 15.8. The molecule has 6 nitrogen and oxygen atoms in total. The van der Waals surface area contributed by atoms with Gasteiger partial charge >= 0.3 is 6.09 Å². The van der Waals surface area contributed by atoms with Crippen molar-refractivity contribution in [1.82, 2.24) is 9.62 Å². The van der Waals surface area contributed by atoms with E-state index in [9.17, 15) is 14.3 Å². The van der Waals surface area contributed by atoms with Crippen molar-refractivity contribution in [3.63, 3.8) is 0 Å². The highest BCUT2D eigenvalue weighted by Crippen LogP contribution is 2.25. The summed E-state index contributed by atoms with van der Waals surface area (Å²) in [5, 5.41) is 9.26. The molecule has 0 radical (unpaired) electrons. The highest BCUT2D eigenvalue weighted by molar-refractivity contribution is 7.84. The molecule has 0 aromatic rings. The summed E-state index contributed by atoms with van der Waals surface area (Å²) >= 11 is 0. The largest absolute Gasteiger partial charge is 0.444 e. The van der Waals surface area contributed by atoms with Crippen molar-refractivity contribution in [2.75, 3.05) is 13.1 Å². The monoisotopic (exact) mass is 301 g/mol. The van der Waals surface area contributed by atoms with Gasteiger partial charge in [0.25, 0.3) is 0 Å². The molecular weight excluding hydrogens is 278 g/mol. The van der Waals surface area contributed by atoms with Gasteiger partial charge in [-0.25, -0.2) is 13.7 Å². The Morgan fingerprint density at radius 3 is 2.15 bits per heavy atom. The van der Waals surface area contributed by atoms with E-state index in [1.54, 1.807) is 20.8 Å². The van der Waals surface area contributed by atoms with E-state index in [4.69, 9.17) is 4.74 Å². The number of rotatable bonds is 2. The molecule has 1 aliphatic heterocycles. The fourth-order valence-corrected chi connectivity index (χ4v) is 2.39. The maximum absolute atomic E-state index is 12.1. The number of nitrogens with one attached hydrogen (secondary N) is 1. The van der Waals surface area contributed by atoms with Crippen LogP contribution in [0.15, 0.2) is 0 Å². The van der Waals surface area contributed by atoms with Crippen molar-refractivity contribution < 1.29 is 13.7 Å². The molecule has 1 atom stereocenters. The summed E-state index contributed by atoms with van der Waals surface area (Å²) in [5.41, 5.74) is -1.52. The maximum Gasteiger partial charge on any atom is 0.410 e. The molecule has 1 rings (SSSR count). The lowest BCUT2D eigenvalue weighted by molar-refractivity contribution is -0.00130. The summed E-state index contributed by atoms with van der Waals surface area (Å²) in [5.74, 6) is 0. The average Bonchev–Trinajstić information content (AvgIpc) is 2.18. The molecule has 1 saturated heterocycles.